The summed E-state index contributed by atoms with van der Waals surface area (Å²) in [4.78, 5) is 36.9. The molecule has 1 heterocycles. The van der Waals surface area contributed by atoms with Crippen LogP contribution in [0.15, 0.2) is 0 Å². The van der Waals surface area contributed by atoms with E-state index in [2.05, 4.69) is 10.6 Å². The molecule has 7 heteroatoms. The van der Waals surface area contributed by atoms with E-state index < -0.39 is 5.97 Å². The van der Waals surface area contributed by atoms with Crippen molar-refractivity contribution < 1.29 is 19.1 Å². The van der Waals surface area contributed by atoms with Gasteiger partial charge in [0.15, 0.2) is 6.61 Å². The molecule has 2 amide bonds. The minimum absolute atomic E-state index is 0.0541. The van der Waals surface area contributed by atoms with Crippen molar-refractivity contribution in [2.75, 3.05) is 18.5 Å². The van der Waals surface area contributed by atoms with Crippen LogP contribution >= 0.6 is 11.3 Å². The number of nitrogens with one attached hydrogen (secondary N) is 2. The van der Waals surface area contributed by atoms with Gasteiger partial charge in [0, 0.05) is 17.3 Å². The molecule has 1 aliphatic rings. The van der Waals surface area contributed by atoms with Crippen molar-refractivity contribution in [2.45, 2.75) is 40.5 Å². The normalized spacial score (nSPS) is 13.7. The molecular formula is C17H24N2O4S. The van der Waals surface area contributed by atoms with Gasteiger partial charge in [0.25, 0.3) is 5.91 Å². The monoisotopic (exact) mass is 352 g/mol. The molecule has 1 aromatic heterocycles. The molecular weight excluding hydrogens is 328 g/mol. The van der Waals surface area contributed by atoms with Crippen molar-refractivity contribution in [1.82, 2.24) is 5.32 Å². The predicted molar refractivity (Wildman–Crippen MR) is 93.3 cm³/mol. The summed E-state index contributed by atoms with van der Waals surface area (Å²) in [7, 11) is 0. The number of hydrogen-bond donors (Lipinski definition) is 2. The van der Waals surface area contributed by atoms with Crippen LogP contribution in [0.5, 0.6) is 0 Å². The lowest BCUT2D eigenvalue weighted by atomic mass is 10.1. The maximum Gasteiger partial charge on any atom is 0.341 e. The molecule has 0 spiro atoms. The molecule has 1 aliphatic carbocycles. The molecule has 2 N–H and O–H groups in total. The molecule has 0 saturated heterocycles. The molecule has 24 heavy (non-hydrogen) atoms. The van der Waals surface area contributed by atoms with E-state index in [9.17, 15) is 14.4 Å². The highest BCUT2D eigenvalue weighted by Gasteiger charge is 2.31. The number of carbonyl (C=O) groups is 3. The molecule has 0 atom stereocenters. The zero-order valence-corrected chi connectivity index (χ0v) is 15.3. The van der Waals surface area contributed by atoms with Gasteiger partial charge in [-0.1, -0.05) is 13.8 Å². The first-order valence-corrected chi connectivity index (χ1v) is 8.96. The quantitative estimate of drug-likeness (QED) is 0.739. The number of esters is 1. The lowest BCUT2D eigenvalue weighted by Gasteiger charge is -2.09. The third-order valence-electron chi connectivity index (χ3n) is 3.82. The van der Waals surface area contributed by atoms with Gasteiger partial charge in [-0.15, -0.1) is 11.3 Å². The van der Waals surface area contributed by atoms with E-state index in [4.69, 9.17) is 4.74 Å². The maximum absolute atomic E-state index is 12.4. The first-order chi connectivity index (χ1) is 11.3. The summed E-state index contributed by atoms with van der Waals surface area (Å²) in [5.41, 5.74) is 1.13. The fourth-order valence-corrected chi connectivity index (χ4v) is 3.14. The van der Waals surface area contributed by atoms with Gasteiger partial charge >= 0.3 is 5.97 Å². The van der Waals surface area contributed by atoms with Gasteiger partial charge < -0.3 is 15.4 Å². The molecule has 132 valence electrons. The summed E-state index contributed by atoms with van der Waals surface area (Å²) >= 11 is 1.36. The molecule has 6 nitrogen and oxygen atoms in total. The van der Waals surface area contributed by atoms with E-state index in [0.717, 1.165) is 23.3 Å². The highest BCUT2D eigenvalue weighted by molar-refractivity contribution is 7.16. The summed E-state index contributed by atoms with van der Waals surface area (Å²) in [6, 6.07) is 0. The summed E-state index contributed by atoms with van der Waals surface area (Å²) in [6.45, 7) is 7.88. The molecule has 1 saturated carbocycles. The van der Waals surface area contributed by atoms with Crippen LogP contribution in [-0.4, -0.2) is 30.9 Å². The summed E-state index contributed by atoms with van der Waals surface area (Å²) in [5.74, 6) is -0.582. The molecule has 1 fully saturated rings. The molecule has 1 aromatic rings. The third-order valence-corrected chi connectivity index (χ3v) is 4.94. The Balaban J connectivity index is 1.99. The van der Waals surface area contributed by atoms with Gasteiger partial charge in [-0.05, 0) is 38.2 Å². The zero-order valence-electron chi connectivity index (χ0n) is 14.5. The number of rotatable bonds is 7. The largest absolute Gasteiger partial charge is 0.452 e. The van der Waals surface area contributed by atoms with E-state index in [0.29, 0.717) is 23.0 Å². The number of aryl methyl sites for hydroxylation is 1. The van der Waals surface area contributed by atoms with E-state index in [1.165, 1.54) is 11.3 Å². The van der Waals surface area contributed by atoms with Gasteiger partial charge in [0.2, 0.25) is 5.91 Å². The molecule has 0 aromatic carbocycles. The molecule has 0 unspecified atom stereocenters. The van der Waals surface area contributed by atoms with Crippen LogP contribution in [0.4, 0.5) is 5.00 Å². The molecule has 0 radical (unpaired) electrons. The van der Waals surface area contributed by atoms with Crippen molar-refractivity contribution in [3.8, 4) is 0 Å². The standard InChI is InChI=1S/C17H24N2O4S/c1-9(2)7-18-13(20)8-23-17(22)14-10(3)11(4)24-16(14)19-15(21)12-5-6-12/h9,12H,5-8H2,1-4H3,(H,18,20)(H,19,21). The minimum Gasteiger partial charge on any atom is -0.452 e. The highest BCUT2D eigenvalue weighted by atomic mass is 32.1. The minimum atomic E-state index is -0.581. The highest BCUT2D eigenvalue weighted by Crippen LogP contribution is 2.36. The predicted octanol–water partition coefficient (Wildman–Crippen LogP) is 2.64. The number of ether oxygens (including phenoxy) is 1. The topological polar surface area (TPSA) is 84.5 Å². The van der Waals surface area contributed by atoms with Crippen LogP contribution in [-0.2, 0) is 14.3 Å². The van der Waals surface area contributed by atoms with E-state index in [-0.39, 0.29) is 24.3 Å². The Kier molecular flexibility index (Phi) is 5.99. The Morgan fingerprint density at radius 1 is 1.25 bits per heavy atom. The van der Waals surface area contributed by atoms with Crippen molar-refractivity contribution in [3.05, 3.63) is 16.0 Å². The van der Waals surface area contributed by atoms with Crippen molar-refractivity contribution in [2.24, 2.45) is 11.8 Å². The second kappa shape index (κ2) is 7.79. The van der Waals surface area contributed by atoms with E-state index >= 15 is 0 Å². The van der Waals surface area contributed by atoms with Crippen LogP contribution in [0.25, 0.3) is 0 Å². The Hall–Kier alpha value is -1.89. The lowest BCUT2D eigenvalue weighted by Crippen LogP contribution is -2.31. The zero-order chi connectivity index (χ0) is 17.9. The van der Waals surface area contributed by atoms with Crippen molar-refractivity contribution >= 4 is 34.1 Å². The van der Waals surface area contributed by atoms with Gasteiger partial charge in [0.1, 0.15) is 5.00 Å². The van der Waals surface area contributed by atoms with Crippen LogP contribution in [0.3, 0.4) is 0 Å². The lowest BCUT2D eigenvalue weighted by molar-refractivity contribution is -0.124. The smallest absolute Gasteiger partial charge is 0.341 e. The van der Waals surface area contributed by atoms with Crippen LogP contribution in [0, 0.1) is 25.7 Å². The Morgan fingerprint density at radius 3 is 2.50 bits per heavy atom. The van der Waals surface area contributed by atoms with Gasteiger partial charge in [-0.25, -0.2) is 4.79 Å². The van der Waals surface area contributed by atoms with Crippen LogP contribution in [0.1, 0.15) is 47.5 Å². The number of carbonyl (C=O) groups excluding carboxylic acids is 3. The SMILES string of the molecule is Cc1sc(NC(=O)C2CC2)c(C(=O)OCC(=O)NCC(C)C)c1C. The third kappa shape index (κ3) is 4.80. The first kappa shape index (κ1) is 18.4. The van der Waals surface area contributed by atoms with Gasteiger partial charge in [-0.2, -0.15) is 0 Å². The van der Waals surface area contributed by atoms with E-state index in [1.807, 2.05) is 27.7 Å². The summed E-state index contributed by atoms with van der Waals surface area (Å²) < 4.78 is 5.12. The first-order valence-electron chi connectivity index (χ1n) is 8.14. The number of amides is 2. The Labute approximate surface area is 146 Å². The summed E-state index contributed by atoms with van der Waals surface area (Å²) in [6.07, 6.45) is 1.79. The number of hydrogen-bond acceptors (Lipinski definition) is 5. The average Bonchev–Trinajstić information content (AvgIpc) is 3.31. The van der Waals surface area contributed by atoms with Gasteiger partial charge in [-0.3, -0.25) is 9.59 Å². The number of anilines is 1. The number of thiophene rings is 1. The average molecular weight is 352 g/mol. The van der Waals surface area contributed by atoms with Gasteiger partial charge in [0.05, 0.1) is 5.56 Å². The Bertz CT molecular complexity index is 647. The molecule has 0 bridgehead atoms. The molecule has 0 aliphatic heterocycles. The summed E-state index contributed by atoms with van der Waals surface area (Å²) in [5, 5.41) is 6.03. The second-order valence-corrected chi connectivity index (χ2v) is 7.75. The van der Waals surface area contributed by atoms with Crippen molar-refractivity contribution in [3.63, 3.8) is 0 Å². The fraction of sp³-hybridized carbons (Fsp3) is 0.588. The van der Waals surface area contributed by atoms with Crippen LogP contribution in [0.2, 0.25) is 0 Å². The van der Waals surface area contributed by atoms with E-state index in [1.54, 1.807) is 0 Å². The van der Waals surface area contributed by atoms with Crippen molar-refractivity contribution in [1.29, 1.82) is 0 Å². The maximum atomic E-state index is 12.4. The second-order valence-electron chi connectivity index (χ2n) is 6.52. The molecule has 2 rings (SSSR count). The fourth-order valence-electron chi connectivity index (χ4n) is 2.09. The Morgan fingerprint density at radius 2 is 1.92 bits per heavy atom. The van der Waals surface area contributed by atoms with Crippen LogP contribution < -0.4 is 10.6 Å².